The Morgan fingerprint density at radius 1 is 1.21 bits per heavy atom. The molecule has 5 nitrogen and oxygen atoms in total. The van der Waals surface area contributed by atoms with Gasteiger partial charge in [-0.15, -0.1) is 0 Å². The number of rotatable bonds is 8. The Morgan fingerprint density at radius 2 is 2.00 bits per heavy atom. The third-order valence-electron chi connectivity index (χ3n) is 7.29. The molecule has 33 heavy (non-hydrogen) atoms. The smallest absolute Gasteiger partial charge is 0.233 e. The van der Waals surface area contributed by atoms with Crippen molar-refractivity contribution in [2.24, 2.45) is 17.8 Å². The summed E-state index contributed by atoms with van der Waals surface area (Å²) >= 11 is 3.46. The number of phenols is 1. The summed E-state index contributed by atoms with van der Waals surface area (Å²) in [6, 6.07) is 5.42. The fourth-order valence-corrected chi connectivity index (χ4v) is 6.24. The summed E-state index contributed by atoms with van der Waals surface area (Å²) in [6.07, 6.45) is 7.19. The average Bonchev–Trinajstić information content (AvgIpc) is 3.30. The van der Waals surface area contributed by atoms with Crippen LogP contribution in [0.3, 0.4) is 0 Å². The van der Waals surface area contributed by atoms with Gasteiger partial charge in [0, 0.05) is 22.5 Å². The number of likely N-dealkylation sites (tertiary alicyclic amines) is 1. The van der Waals surface area contributed by atoms with Gasteiger partial charge in [0.2, 0.25) is 11.8 Å². The number of aromatic hydroxyl groups is 1. The van der Waals surface area contributed by atoms with Crippen molar-refractivity contribution in [3.8, 4) is 5.75 Å². The largest absolute Gasteiger partial charge is 0.507 e. The highest BCUT2D eigenvalue weighted by atomic mass is 79.9. The van der Waals surface area contributed by atoms with E-state index in [1.165, 1.54) is 21.6 Å². The van der Waals surface area contributed by atoms with Gasteiger partial charge in [-0.2, -0.15) is 0 Å². The first-order chi connectivity index (χ1) is 15.8. The number of hydrogen-bond donors (Lipinski definition) is 1. The van der Waals surface area contributed by atoms with Crippen molar-refractivity contribution in [2.75, 3.05) is 13.2 Å². The molecule has 2 aliphatic heterocycles. The van der Waals surface area contributed by atoms with E-state index in [4.69, 9.17) is 4.74 Å². The first kappa shape index (κ1) is 24.2. The highest BCUT2D eigenvalue weighted by molar-refractivity contribution is 9.10. The van der Waals surface area contributed by atoms with Gasteiger partial charge in [-0.3, -0.25) is 14.5 Å². The second-order valence-electron chi connectivity index (χ2n) is 9.63. The number of ether oxygens (including phenoxy) is 1. The lowest BCUT2D eigenvalue weighted by molar-refractivity contribution is -0.140. The molecule has 0 bridgehead atoms. The Balaban J connectivity index is 1.53. The predicted molar refractivity (Wildman–Crippen MR) is 132 cm³/mol. The third-order valence-corrected chi connectivity index (χ3v) is 7.78. The monoisotopic (exact) mass is 515 g/mol. The van der Waals surface area contributed by atoms with Crippen LogP contribution >= 0.6 is 15.9 Å². The van der Waals surface area contributed by atoms with Crippen LogP contribution in [0.25, 0.3) is 6.08 Å². The van der Waals surface area contributed by atoms with Crippen LogP contribution in [-0.4, -0.2) is 41.1 Å². The van der Waals surface area contributed by atoms with E-state index in [2.05, 4.69) is 29.8 Å². The van der Waals surface area contributed by atoms with Gasteiger partial charge in [0.05, 0.1) is 24.5 Å². The first-order valence-corrected chi connectivity index (χ1v) is 13.0. The SMILES string of the molecule is CCCC1=C2[C@@H](CC/C(C)=C/c3cc(Br)ccc3O)OC[C@@H]2[C@@H]2C(=O)N(CCC)C(=O)[C@@H]2C1. The fraction of sp³-hybridized carbons (Fsp3) is 0.556. The minimum Gasteiger partial charge on any atom is -0.507 e. The average molecular weight is 516 g/mol. The minimum absolute atomic E-state index is 0.0000774. The molecular formula is C27H34BrNO4. The predicted octanol–water partition coefficient (Wildman–Crippen LogP) is 5.86. The molecule has 2 saturated heterocycles. The molecule has 3 aliphatic rings. The zero-order chi connectivity index (χ0) is 23.7. The van der Waals surface area contributed by atoms with Crippen LogP contribution in [0.15, 0.2) is 39.4 Å². The molecule has 1 aromatic rings. The van der Waals surface area contributed by atoms with Gasteiger partial charge < -0.3 is 9.84 Å². The number of nitrogens with zero attached hydrogens (tertiary/aromatic N) is 1. The maximum Gasteiger partial charge on any atom is 0.233 e. The molecule has 2 heterocycles. The summed E-state index contributed by atoms with van der Waals surface area (Å²) in [5, 5.41) is 10.1. The fourth-order valence-electron chi connectivity index (χ4n) is 5.86. The number of carbonyl (C=O) groups is 2. The van der Waals surface area contributed by atoms with E-state index in [0.29, 0.717) is 19.6 Å². The standard InChI is InChI=1S/C27H34BrNO4/c1-4-6-17-14-20-25(27(32)29(11-5-2)26(20)31)21-15-33-23(24(17)21)10-7-16(3)12-18-13-19(28)8-9-22(18)30/h8-9,12-13,20-21,23,25,30H,4-7,10-11,14-15H2,1-3H3/b16-12+/t20-,21+,23-,25-/m1/s1. The van der Waals surface area contributed by atoms with Gasteiger partial charge in [0.25, 0.3) is 0 Å². The van der Waals surface area contributed by atoms with Crippen LogP contribution in [-0.2, 0) is 14.3 Å². The Bertz CT molecular complexity index is 998. The number of fused-ring (bicyclic) bond motifs is 3. The highest BCUT2D eigenvalue weighted by Crippen LogP contribution is 2.50. The summed E-state index contributed by atoms with van der Waals surface area (Å²) in [6.45, 7) is 7.30. The molecule has 0 aromatic heterocycles. The molecule has 1 aromatic carbocycles. The zero-order valence-electron chi connectivity index (χ0n) is 19.8. The molecule has 178 valence electrons. The van der Waals surface area contributed by atoms with Crippen LogP contribution in [0.4, 0.5) is 0 Å². The molecule has 1 aliphatic carbocycles. The molecule has 1 N–H and O–H groups in total. The molecule has 2 fully saturated rings. The minimum atomic E-state index is -0.250. The number of imide groups is 1. The van der Waals surface area contributed by atoms with Crippen LogP contribution in [0.5, 0.6) is 5.75 Å². The second kappa shape index (κ2) is 10.1. The number of carbonyl (C=O) groups excluding carboxylic acids is 2. The van der Waals surface area contributed by atoms with Gasteiger partial charge in [0.1, 0.15) is 5.75 Å². The number of amides is 2. The number of phenolic OH excluding ortho intramolecular Hbond substituents is 1. The molecule has 2 amide bonds. The molecule has 4 rings (SSSR count). The Labute approximate surface area is 205 Å². The topological polar surface area (TPSA) is 66.8 Å². The Kier molecular flexibility index (Phi) is 7.44. The van der Waals surface area contributed by atoms with Gasteiger partial charge in [-0.1, -0.05) is 53.4 Å². The molecule has 6 heteroatoms. The van der Waals surface area contributed by atoms with Crippen LogP contribution in [0.2, 0.25) is 0 Å². The number of benzene rings is 1. The maximum atomic E-state index is 13.2. The lowest BCUT2D eigenvalue weighted by Gasteiger charge is -2.32. The highest BCUT2D eigenvalue weighted by Gasteiger charge is 2.56. The van der Waals surface area contributed by atoms with E-state index >= 15 is 0 Å². The Morgan fingerprint density at radius 3 is 2.73 bits per heavy atom. The first-order valence-electron chi connectivity index (χ1n) is 12.2. The van der Waals surface area contributed by atoms with E-state index in [1.54, 1.807) is 6.07 Å². The lowest BCUT2D eigenvalue weighted by atomic mass is 9.68. The normalized spacial score (nSPS) is 27.4. The van der Waals surface area contributed by atoms with Crippen molar-refractivity contribution in [3.63, 3.8) is 0 Å². The molecule has 0 radical (unpaired) electrons. The molecule has 0 spiro atoms. The zero-order valence-corrected chi connectivity index (χ0v) is 21.4. The molecule has 0 unspecified atom stereocenters. The lowest BCUT2D eigenvalue weighted by Crippen LogP contribution is -2.34. The van der Waals surface area contributed by atoms with Crippen LogP contribution in [0, 0.1) is 17.8 Å². The van der Waals surface area contributed by atoms with Crippen molar-refractivity contribution < 1.29 is 19.4 Å². The van der Waals surface area contributed by atoms with Crippen LogP contribution < -0.4 is 0 Å². The summed E-state index contributed by atoms with van der Waals surface area (Å²) in [4.78, 5) is 27.7. The van der Waals surface area contributed by atoms with E-state index in [1.807, 2.05) is 25.1 Å². The van der Waals surface area contributed by atoms with Gasteiger partial charge >= 0.3 is 0 Å². The molecular weight excluding hydrogens is 482 g/mol. The summed E-state index contributed by atoms with van der Waals surface area (Å²) in [7, 11) is 0. The van der Waals surface area contributed by atoms with Gasteiger partial charge in [-0.25, -0.2) is 0 Å². The van der Waals surface area contributed by atoms with E-state index in [-0.39, 0.29) is 41.4 Å². The number of hydrogen-bond acceptors (Lipinski definition) is 4. The summed E-state index contributed by atoms with van der Waals surface area (Å²) < 4.78 is 7.21. The van der Waals surface area contributed by atoms with Crippen molar-refractivity contribution in [1.82, 2.24) is 4.90 Å². The Hall–Kier alpha value is -1.92. The number of halogens is 1. The maximum absolute atomic E-state index is 13.2. The van der Waals surface area contributed by atoms with Gasteiger partial charge in [0.15, 0.2) is 0 Å². The van der Waals surface area contributed by atoms with Crippen LogP contribution in [0.1, 0.15) is 64.9 Å². The number of allylic oxidation sites excluding steroid dienone is 2. The molecule has 4 atom stereocenters. The third kappa shape index (κ3) is 4.69. The van der Waals surface area contributed by atoms with Crippen molar-refractivity contribution in [3.05, 3.63) is 45.0 Å². The summed E-state index contributed by atoms with van der Waals surface area (Å²) in [5.74, 6) is -0.122. The van der Waals surface area contributed by atoms with E-state index in [9.17, 15) is 14.7 Å². The van der Waals surface area contributed by atoms with E-state index in [0.717, 1.165) is 42.1 Å². The molecule has 0 saturated carbocycles. The van der Waals surface area contributed by atoms with Crippen molar-refractivity contribution >= 4 is 33.8 Å². The van der Waals surface area contributed by atoms with Gasteiger partial charge in [-0.05, 0) is 62.8 Å². The summed E-state index contributed by atoms with van der Waals surface area (Å²) in [5.41, 5.74) is 4.61. The quantitative estimate of drug-likeness (QED) is 0.347. The second-order valence-corrected chi connectivity index (χ2v) is 10.6. The van der Waals surface area contributed by atoms with Crippen molar-refractivity contribution in [1.29, 1.82) is 0 Å². The van der Waals surface area contributed by atoms with Crippen molar-refractivity contribution in [2.45, 2.75) is 65.4 Å². The van der Waals surface area contributed by atoms with E-state index < -0.39 is 0 Å².